The lowest BCUT2D eigenvalue weighted by Crippen LogP contribution is -2.45. The van der Waals surface area contributed by atoms with Gasteiger partial charge in [-0.05, 0) is 12.8 Å². The first-order valence-corrected chi connectivity index (χ1v) is 6.97. The lowest BCUT2D eigenvalue weighted by molar-refractivity contribution is -0.903. The third-order valence-electron chi connectivity index (χ3n) is 4.08. The second-order valence-electron chi connectivity index (χ2n) is 5.76. The summed E-state index contributed by atoms with van der Waals surface area (Å²) in [4.78, 5) is 0. The number of likely N-dealkylation sites (tertiary alicyclic amines) is 1. The van der Waals surface area contributed by atoms with Gasteiger partial charge in [-0.1, -0.05) is 20.8 Å². The Morgan fingerprint density at radius 3 is 2.00 bits per heavy atom. The molecular weight excluding hydrogens is 206 g/mol. The molecule has 1 rings (SSSR count). The molecule has 3 atom stereocenters. The van der Waals surface area contributed by atoms with E-state index in [1.807, 2.05) is 0 Å². The maximum absolute atomic E-state index is 5.92. The van der Waals surface area contributed by atoms with Gasteiger partial charge in [0, 0.05) is 23.6 Å². The Morgan fingerprint density at radius 2 is 1.67 bits per heavy atom. The molecule has 1 aliphatic rings. The van der Waals surface area contributed by atoms with Crippen LogP contribution in [0, 0.1) is 17.8 Å². The molecule has 1 fully saturated rings. The fourth-order valence-electron chi connectivity index (χ4n) is 3.38. The van der Waals surface area contributed by atoms with Gasteiger partial charge < -0.3 is 4.48 Å². The van der Waals surface area contributed by atoms with Crippen molar-refractivity contribution < 1.29 is 4.48 Å². The van der Waals surface area contributed by atoms with Crippen molar-refractivity contribution >= 4 is 11.6 Å². The summed E-state index contributed by atoms with van der Waals surface area (Å²) in [6.45, 7) is 11.0. The Labute approximate surface area is 100 Å². The zero-order valence-electron chi connectivity index (χ0n) is 10.8. The predicted octanol–water partition coefficient (Wildman–Crippen LogP) is 3.37. The van der Waals surface area contributed by atoms with Crippen LogP contribution in [0.4, 0.5) is 0 Å². The van der Waals surface area contributed by atoms with Crippen molar-refractivity contribution in [3.63, 3.8) is 0 Å². The number of alkyl halides is 1. The predicted molar refractivity (Wildman–Crippen MR) is 68.2 cm³/mol. The van der Waals surface area contributed by atoms with Crippen LogP contribution in [0.3, 0.4) is 0 Å². The van der Waals surface area contributed by atoms with Gasteiger partial charge in [0.25, 0.3) is 0 Å². The fourth-order valence-corrected chi connectivity index (χ4v) is 3.48. The van der Waals surface area contributed by atoms with Gasteiger partial charge in [-0.2, -0.15) is 0 Å². The van der Waals surface area contributed by atoms with Crippen molar-refractivity contribution in [3.05, 3.63) is 0 Å². The van der Waals surface area contributed by atoms with Gasteiger partial charge in [-0.25, -0.2) is 0 Å². The number of quaternary nitrogens is 1. The van der Waals surface area contributed by atoms with Gasteiger partial charge in [0.15, 0.2) is 0 Å². The van der Waals surface area contributed by atoms with Gasteiger partial charge in [0.1, 0.15) is 0 Å². The molecule has 15 heavy (non-hydrogen) atoms. The Bertz CT molecular complexity index is 181. The molecule has 1 aliphatic heterocycles. The molecule has 0 amide bonds. The van der Waals surface area contributed by atoms with Crippen LogP contribution < -0.4 is 0 Å². The molecule has 3 unspecified atom stereocenters. The summed E-state index contributed by atoms with van der Waals surface area (Å²) in [5.41, 5.74) is 0. The van der Waals surface area contributed by atoms with E-state index in [0.717, 1.165) is 17.7 Å². The summed E-state index contributed by atoms with van der Waals surface area (Å²) >= 11 is 5.92. The van der Waals surface area contributed by atoms with E-state index >= 15 is 0 Å². The quantitative estimate of drug-likeness (QED) is 0.504. The molecule has 0 saturated carbocycles. The second kappa shape index (κ2) is 5.54. The molecule has 1 saturated heterocycles. The average Bonchev–Trinajstić information content (AvgIpc) is 2.54. The monoisotopic (exact) mass is 232 g/mol. The summed E-state index contributed by atoms with van der Waals surface area (Å²) < 4.78 is 1.25. The molecule has 0 aromatic carbocycles. The molecule has 1 heterocycles. The number of halogens is 1. The Kier molecular flexibility index (Phi) is 4.92. The molecule has 0 radical (unpaired) electrons. The highest BCUT2D eigenvalue weighted by Crippen LogP contribution is 2.33. The molecule has 0 N–H and O–H groups in total. The average molecular weight is 233 g/mol. The van der Waals surface area contributed by atoms with E-state index < -0.39 is 0 Å². The van der Waals surface area contributed by atoms with Gasteiger partial charge in [-0.15, -0.1) is 11.6 Å². The van der Waals surface area contributed by atoms with Gasteiger partial charge in [0.2, 0.25) is 0 Å². The summed E-state index contributed by atoms with van der Waals surface area (Å²) in [5.74, 6) is 3.36. The lowest BCUT2D eigenvalue weighted by Gasteiger charge is -2.32. The van der Waals surface area contributed by atoms with Crippen LogP contribution in [-0.4, -0.2) is 37.0 Å². The fraction of sp³-hybridized carbons (Fsp3) is 1.00. The molecule has 0 aliphatic carbocycles. The van der Waals surface area contributed by atoms with E-state index in [-0.39, 0.29) is 0 Å². The summed E-state index contributed by atoms with van der Waals surface area (Å²) in [6.07, 6.45) is 2.70. The first-order valence-electron chi connectivity index (χ1n) is 6.44. The Morgan fingerprint density at radius 1 is 1.20 bits per heavy atom. The van der Waals surface area contributed by atoms with Crippen molar-refractivity contribution in [2.45, 2.75) is 33.6 Å². The number of hydrogen-bond acceptors (Lipinski definition) is 0. The maximum Gasteiger partial charge on any atom is 0.0822 e. The van der Waals surface area contributed by atoms with Crippen molar-refractivity contribution in [3.8, 4) is 0 Å². The smallest absolute Gasteiger partial charge is 0.0822 e. The molecule has 0 spiro atoms. The van der Waals surface area contributed by atoms with Crippen LogP contribution in [0.25, 0.3) is 0 Å². The van der Waals surface area contributed by atoms with E-state index in [1.54, 1.807) is 0 Å². The van der Waals surface area contributed by atoms with Crippen LogP contribution in [0.1, 0.15) is 33.6 Å². The summed E-state index contributed by atoms with van der Waals surface area (Å²) in [6, 6.07) is 0. The van der Waals surface area contributed by atoms with Gasteiger partial charge in [-0.3, -0.25) is 0 Å². The van der Waals surface area contributed by atoms with E-state index in [0.29, 0.717) is 5.92 Å². The number of nitrogens with zero attached hydrogens (tertiary/aromatic N) is 1. The molecule has 2 heteroatoms. The highest BCUT2D eigenvalue weighted by molar-refractivity contribution is 6.18. The molecule has 90 valence electrons. The Hall–Kier alpha value is 0.250. The van der Waals surface area contributed by atoms with E-state index in [1.165, 1.54) is 37.0 Å². The molecule has 1 nitrogen and oxygen atoms in total. The third-order valence-corrected chi connectivity index (χ3v) is 4.61. The minimum absolute atomic E-state index is 0.657. The maximum atomic E-state index is 5.92. The molecule has 0 aromatic rings. The minimum atomic E-state index is 0.657. The standard InChI is InChI=1S/C13H27ClN/c1-5-12-9-15(4,8-11(3)7-14)10-13(12)6-2/h11-13H,5-10H2,1-4H3/q+1. The number of hydrogen-bond donors (Lipinski definition) is 0. The SMILES string of the molecule is CCC1C[N+](C)(CC(C)CCl)CC1CC. The topological polar surface area (TPSA) is 0 Å². The summed E-state index contributed by atoms with van der Waals surface area (Å²) in [5, 5.41) is 0. The van der Waals surface area contributed by atoms with Crippen molar-refractivity contribution in [1.82, 2.24) is 0 Å². The van der Waals surface area contributed by atoms with E-state index in [9.17, 15) is 0 Å². The molecule has 0 aromatic heterocycles. The highest BCUT2D eigenvalue weighted by Gasteiger charge is 2.40. The highest BCUT2D eigenvalue weighted by atomic mass is 35.5. The minimum Gasteiger partial charge on any atom is -0.325 e. The van der Waals surface area contributed by atoms with Gasteiger partial charge in [0.05, 0.1) is 26.7 Å². The zero-order chi connectivity index (χ0) is 11.5. The van der Waals surface area contributed by atoms with Crippen molar-refractivity contribution in [2.75, 3.05) is 32.6 Å². The van der Waals surface area contributed by atoms with Crippen LogP contribution >= 0.6 is 11.6 Å². The first kappa shape index (κ1) is 13.3. The third kappa shape index (κ3) is 3.35. The van der Waals surface area contributed by atoms with Crippen molar-refractivity contribution in [1.29, 1.82) is 0 Å². The normalized spacial score (nSPS) is 38.2. The van der Waals surface area contributed by atoms with E-state index in [2.05, 4.69) is 27.8 Å². The molecular formula is C13H27ClN+. The molecule has 0 bridgehead atoms. The first-order chi connectivity index (χ1) is 7.04. The lowest BCUT2D eigenvalue weighted by atomic mass is 9.92. The van der Waals surface area contributed by atoms with Crippen LogP contribution in [0.5, 0.6) is 0 Å². The van der Waals surface area contributed by atoms with E-state index in [4.69, 9.17) is 11.6 Å². The van der Waals surface area contributed by atoms with Crippen LogP contribution in [0.15, 0.2) is 0 Å². The van der Waals surface area contributed by atoms with Gasteiger partial charge >= 0.3 is 0 Å². The largest absolute Gasteiger partial charge is 0.325 e. The van der Waals surface area contributed by atoms with Crippen LogP contribution in [-0.2, 0) is 0 Å². The summed E-state index contributed by atoms with van der Waals surface area (Å²) in [7, 11) is 2.42. The van der Waals surface area contributed by atoms with Crippen molar-refractivity contribution in [2.24, 2.45) is 17.8 Å². The number of rotatable bonds is 5. The second-order valence-corrected chi connectivity index (χ2v) is 6.07. The zero-order valence-corrected chi connectivity index (χ0v) is 11.6. The van der Waals surface area contributed by atoms with Crippen LogP contribution in [0.2, 0.25) is 0 Å². The Balaban J connectivity index is 2.56.